The molecule has 1 N–H and O–H groups in total. The van der Waals surface area contributed by atoms with Gasteiger partial charge in [0, 0.05) is 32.2 Å². The van der Waals surface area contributed by atoms with E-state index in [1.165, 1.54) is 24.5 Å². The molecule has 1 aromatic heterocycles. The van der Waals surface area contributed by atoms with Crippen LogP contribution in [0.3, 0.4) is 0 Å². The van der Waals surface area contributed by atoms with Crippen LogP contribution in [0.2, 0.25) is 0 Å². The summed E-state index contributed by atoms with van der Waals surface area (Å²) in [6.45, 7) is 0. The maximum absolute atomic E-state index is 12.6. The fourth-order valence-corrected chi connectivity index (χ4v) is 1.65. The van der Waals surface area contributed by atoms with E-state index >= 15 is 0 Å². The molecule has 0 fully saturated rings. The number of hydrogen-bond donors (Lipinski definition) is 1. The van der Waals surface area contributed by atoms with Crippen molar-refractivity contribution >= 4 is 17.5 Å². The number of carbonyl (C=O) groups excluding carboxylic acids is 1. The first-order valence-electron chi connectivity index (χ1n) is 6.25. The lowest BCUT2D eigenvalue weighted by Crippen LogP contribution is -2.16. The van der Waals surface area contributed by atoms with Gasteiger partial charge in [-0.05, 0) is 18.2 Å². The van der Waals surface area contributed by atoms with Gasteiger partial charge < -0.3 is 10.2 Å². The number of nitrogens with zero attached hydrogens (tertiary/aromatic N) is 3. The fraction of sp³-hybridized carbons (Fsp3) is 0.214. The molecule has 0 saturated heterocycles. The Balaban J connectivity index is 2.15. The van der Waals surface area contributed by atoms with E-state index < -0.39 is 17.6 Å². The molecule has 0 atom stereocenters. The second kappa shape index (κ2) is 6.00. The van der Waals surface area contributed by atoms with E-state index in [-0.39, 0.29) is 11.3 Å². The van der Waals surface area contributed by atoms with Gasteiger partial charge in [0.1, 0.15) is 0 Å². The third kappa shape index (κ3) is 3.72. The van der Waals surface area contributed by atoms with E-state index in [1.54, 1.807) is 19.0 Å². The standard InChI is InChI=1S/C14H13F3N4O/c1-21(2)13-18-7-9(8-19-13)12(22)20-11-5-3-4-10(6-11)14(15,16)17/h3-8H,1-2H3,(H,20,22). The molecule has 22 heavy (non-hydrogen) atoms. The number of halogens is 3. The van der Waals surface area contributed by atoms with Crippen molar-refractivity contribution in [2.75, 3.05) is 24.3 Å². The fourth-order valence-electron chi connectivity index (χ4n) is 1.65. The number of rotatable bonds is 3. The van der Waals surface area contributed by atoms with Gasteiger partial charge in [0.15, 0.2) is 0 Å². The second-order valence-electron chi connectivity index (χ2n) is 4.70. The Morgan fingerprint density at radius 2 is 1.82 bits per heavy atom. The van der Waals surface area contributed by atoms with E-state index in [9.17, 15) is 18.0 Å². The topological polar surface area (TPSA) is 58.1 Å². The van der Waals surface area contributed by atoms with E-state index in [1.807, 2.05) is 0 Å². The monoisotopic (exact) mass is 310 g/mol. The molecule has 1 amide bonds. The zero-order valence-corrected chi connectivity index (χ0v) is 11.8. The van der Waals surface area contributed by atoms with Crippen molar-refractivity contribution in [3.63, 3.8) is 0 Å². The average molecular weight is 310 g/mol. The normalized spacial score (nSPS) is 11.1. The zero-order chi connectivity index (χ0) is 16.3. The molecule has 1 aromatic carbocycles. The van der Waals surface area contributed by atoms with Gasteiger partial charge in [0.2, 0.25) is 5.95 Å². The molecule has 0 radical (unpaired) electrons. The van der Waals surface area contributed by atoms with Crippen molar-refractivity contribution in [2.45, 2.75) is 6.18 Å². The van der Waals surface area contributed by atoms with Crippen molar-refractivity contribution in [1.29, 1.82) is 0 Å². The molecule has 1 heterocycles. The van der Waals surface area contributed by atoms with Crippen LogP contribution in [0.15, 0.2) is 36.7 Å². The van der Waals surface area contributed by atoms with Crippen LogP contribution in [0.25, 0.3) is 0 Å². The predicted molar refractivity (Wildman–Crippen MR) is 75.8 cm³/mol. The van der Waals surface area contributed by atoms with E-state index in [0.717, 1.165) is 12.1 Å². The molecular formula is C14H13F3N4O. The minimum Gasteiger partial charge on any atom is -0.347 e. The number of carbonyl (C=O) groups is 1. The quantitative estimate of drug-likeness (QED) is 0.947. The molecule has 0 saturated carbocycles. The van der Waals surface area contributed by atoms with Crippen molar-refractivity contribution in [1.82, 2.24) is 9.97 Å². The lowest BCUT2D eigenvalue weighted by atomic mass is 10.2. The van der Waals surface area contributed by atoms with Gasteiger partial charge in [-0.3, -0.25) is 4.79 Å². The lowest BCUT2D eigenvalue weighted by molar-refractivity contribution is -0.137. The summed E-state index contributed by atoms with van der Waals surface area (Å²) in [5, 5.41) is 2.39. The molecule has 8 heteroatoms. The summed E-state index contributed by atoms with van der Waals surface area (Å²) in [4.78, 5) is 21.6. The Labute approximate surface area is 124 Å². The summed E-state index contributed by atoms with van der Waals surface area (Å²) in [6, 6.07) is 4.41. The van der Waals surface area contributed by atoms with E-state index in [0.29, 0.717) is 5.95 Å². The Morgan fingerprint density at radius 3 is 2.36 bits per heavy atom. The van der Waals surface area contributed by atoms with Crippen molar-refractivity contribution in [3.8, 4) is 0 Å². The maximum Gasteiger partial charge on any atom is 0.416 e. The van der Waals surface area contributed by atoms with E-state index in [4.69, 9.17) is 0 Å². The number of nitrogens with one attached hydrogen (secondary N) is 1. The van der Waals surface area contributed by atoms with Gasteiger partial charge in [-0.1, -0.05) is 6.07 Å². The van der Waals surface area contributed by atoms with E-state index in [2.05, 4.69) is 15.3 Å². The highest BCUT2D eigenvalue weighted by Gasteiger charge is 2.30. The molecule has 0 unspecified atom stereocenters. The van der Waals surface area contributed by atoms with Crippen LogP contribution in [-0.2, 0) is 6.18 Å². The van der Waals surface area contributed by atoms with Crippen LogP contribution in [0.5, 0.6) is 0 Å². The molecule has 2 aromatic rings. The molecule has 0 aliphatic rings. The first-order chi connectivity index (χ1) is 10.3. The number of alkyl halides is 3. The summed E-state index contributed by atoms with van der Waals surface area (Å²) in [5.41, 5.74) is -0.621. The number of benzene rings is 1. The Morgan fingerprint density at radius 1 is 1.18 bits per heavy atom. The van der Waals surface area contributed by atoms with Crippen LogP contribution in [-0.4, -0.2) is 30.0 Å². The zero-order valence-electron chi connectivity index (χ0n) is 11.8. The SMILES string of the molecule is CN(C)c1ncc(C(=O)Nc2cccc(C(F)(F)F)c2)cn1. The Hall–Kier alpha value is -2.64. The Bertz CT molecular complexity index is 669. The summed E-state index contributed by atoms with van der Waals surface area (Å²) in [5.74, 6) is -0.153. The van der Waals surface area contributed by atoms with Crippen LogP contribution in [0.1, 0.15) is 15.9 Å². The average Bonchev–Trinajstić information content (AvgIpc) is 2.46. The highest BCUT2D eigenvalue weighted by molar-refractivity contribution is 6.03. The third-order valence-corrected chi connectivity index (χ3v) is 2.75. The molecule has 0 bridgehead atoms. The van der Waals surface area contributed by atoms with Crippen molar-refractivity contribution in [2.24, 2.45) is 0 Å². The van der Waals surface area contributed by atoms with Crippen LogP contribution in [0, 0.1) is 0 Å². The summed E-state index contributed by atoms with van der Waals surface area (Å²) in [7, 11) is 3.50. The third-order valence-electron chi connectivity index (χ3n) is 2.75. The van der Waals surface area contributed by atoms with Gasteiger partial charge in [-0.2, -0.15) is 13.2 Å². The van der Waals surface area contributed by atoms with Crippen molar-refractivity contribution in [3.05, 3.63) is 47.8 Å². The number of aromatic nitrogens is 2. The molecule has 0 aliphatic carbocycles. The first kappa shape index (κ1) is 15.7. The number of hydrogen-bond acceptors (Lipinski definition) is 4. The molecule has 2 rings (SSSR count). The van der Waals surface area contributed by atoms with Crippen LogP contribution >= 0.6 is 0 Å². The smallest absolute Gasteiger partial charge is 0.347 e. The largest absolute Gasteiger partial charge is 0.416 e. The molecule has 116 valence electrons. The minimum atomic E-state index is -4.46. The van der Waals surface area contributed by atoms with Gasteiger partial charge in [-0.15, -0.1) is 0 Å². The predicted octanol–water partition coefficient (Wildman–Crippen LogP) is 2.81. The molecular weight excluding hydrogens is 297 g/mol. The molecule has 0 spiro atoms. The van der Waals surface area contributed by atoms with Crippen LogP contribution in [0.4, 0.5) is 24.8 Å². The summed E-state index contributed by atoms with van der Waals surface area (Å²) in [6.07, 6.45) is -1.84. The molecule has 0 aliphatic heterocycles. The summed E-state index contributed by atoms with van der Waals surface area (Å²) >= 11 is 0. The molecule has 5 nitrogen and oxygen atoms in total. The van der Waals surface area contributed by atoms with Crippen LogP contribution < -0.4 is 10.2 Å². The number of amides is 1. The second-order valence-corrected chi connectivity index (χ2v) is 4.70. The maximum atomic E-state index is 12.6. The summed E-state index contributed by atoms with van der Waals surface area (Å²) < 4.78 is 37.8. The lowest BCUT2D eigenvalue weighted by Gasteiger charge is -2.11. The van der Waals surface area contributed by atoms with Gasteiger partial charge in [0.05, 0.1) is 11.1 Å². The van der Waals surface area contributed by atoms with Gasteiger partial charge >= 0.3 is 6.18 Å². The Kier molecular flexibility index (Phi) is 4.30. The first-order valence-corrected chi connectivity index (χ1v) is 6.25. The van der Waals surface area contributed by atoms with Gasteiger partial charge in [-0.25, -0.2) is 9.97 Å². The number of anilines is 2. The minimum absolute atomic E-state index is 0.0523. The van der Waals surface area contributed by atoms with Crippen molar-refractivity contribution < 1.29 is 18.0 Å². The highest BCUT2D eigenvalue weighted by Crippen LogP contribution is 2.30. The van der Waals surface area contributed by atoms with Gasteiger partial charge in [0.25, 0.3) is 5.91 Å². The highest BCUT2D eigenvalue weighted by atomic mass is 19.4.